The van der Waals surface area contributed by atoms with Crippen LogP contribution < -0.4 is 4.90 Å². The number of Topliss-reactive ketones (excluding diaryl/α,β-unsaturated/α-hetero) is 1. The van der Waals surface area contributed by atoms with Gasteiger partial charge in [0, 0.05) is 42.4 Å². The summed E-state index contributed by atoms with van der Waals surface area (Å²) in [4.78, 5) is 44.3. The maximum Gasteiger partial charge on any atom is 0.335 e. The van der Waals surface area contributed by atoms with Gasteiger partial charge in [0.2, 0.25) is 5.91 Å². The summed E-state index contributed by atoms with van der Waals surface area (Å²) >= 11 is 6.47. The monoisotopic (exact) mass is 472 g/mol. The van der Waals surface area contributed by atoms with Crippen molar-refractivity contribution in [2.24, 2.45) is 0 Å². The predicted octanol–water partition coefficient (Wildman–Crippen LogP) is 5.35. The van der Waals surface area contributed by atoms with Gasteiger partial charge < -0.3 is 5.11 Å². The van der Waals surface area contributed by atoms with E-state index in [4.69, 9.17) is 11.6 Å². The Morgan fingerprint density at radius 2 is 1.68 bits per heavy atom. The van der Waals surface area contributed by atoms with E-state index in [0.29, 0.717) is 24.1 Å². The molecular weight excluding hydrogens is 452 g/mol. The molecule has 2 heterocycles. The standard InChI is InChI=1S/C27H21ClN2O4/c28-21-7-6-18(27(33)34)12-22(21)30-23-13-19(16-4-2-1-3-5-16)14-24(31)26(23)20(15-25(30)32)17-8-10-29-11-9-17/h1-12,19-20H,13-15H2,(H,33,34). The maximum absolute atomic E-state index is 13.6. The molecule has 2 aromatic carbocycles. The Kier molecular flexibility index (Phi) is 5.75. The first-order valence-corrected chi connectivity index (χ1v) is 11.4. The van der Waals surface area contributed by atoms with Gasteiger partial charge in [-0.3, -0.25) is 19.5 Å². The second-order valence-electron chi connectivity index (χ2n) is 8.54. The molecule has 0 saturated heterocycles. The Morgan fingerprint density at radius 1 is 0.941 bits per heavy atom. The molecule has 3 aromatic rings. The number of hydrogen-bond acceptors (Lipinski definition) is 4. The molecule has 5 rings (SSSR count). The molecule has 2 atom stereocenters. The lowest BCUT2D eigenvalue weighted by atomic mass is 9.73. The summed E-state index contributed by atoms with van der Waals surface area (Å²) in [6.45, 7) is 0. The van der Waals surface area contributed by atoms with E-state index in [0.717, 1.165) is 11.1 Å². The minimum Gasteiger partial charge on any atom is -0.478 e. The minimum atomic E-state index is -1.12. The number of carbonyl (C=O) groups is 3. The SMILES string of the molecule is O=C1CC(c2ccccc2)CC2=C1C(c1ccncc1)CC(=O)N2c1cc(C(=O)O)ccc1Cl. The largest absolute Gasteiger partial charge is 0.478 e. The molecule has 0 fully saturated rings. The molecule has 0 saturated carbocycles. The van der Waals surface area contributed by atoms with E-state index < -0.39 is 5.97 Å². The third-order valence-electron chi connectivity index (χ3n) is 6.54. The molecule has 2 unspecified atom stereocenters. The number of amides is 1. The molecule has 1 aromatic heterocycles. The van der Waals surface area contributed by atoms with Gasteiger partial charge in [0.05, 0.1) is 16.3 Å². The molecule has 0 radical (unpaired) electrons. The van der Waals surface area contributed by atoms with E-state index in [-0.39, 0.29) is 46.2 Å². The van der Waals surface area contributed by atoms with Crippen molar-refractivity contribution in [3.8, 4) is 0 Å². The van der Waals surface area contributed by atoms with Gasteiger partial charge in [-0.2, -0.15) is 0 Å². The number of carboxylic acids is 1. The quantitative estimate of drug-likeness (QED) is 0.552. The summed E-state index contributed by atoms with van der Waals surface area (Å²) in [5, 5.41) is 9.75. The third-order valence-corrected chi connectivity index (χ3v) is 6.86. The number of carboxylic acid groups (broad SMARTS) is 1. The average molecular weight is 473 g/mol. The van der Waals surface area contributed by atoms with Crippen LogP contribution in [-0.2, 0) is 9.59 Å². The summed E-state index contributed by atoms with van der Waals surface area (Å²) < 4.78 is 0. The first-order chi connectivity index (χ1) is 16.4. The number of aromatic carboxylic acids is 1. The number of hydrogen-bond donors (Lipinski definition) is 1. The lowest BCUT2D eigenvalue weighted by molar-refractivity contribution is -0.120. The van der Waals surface area contributed by atoms with Crippen molar-refractivity contribution in [2.45, 2.75) is 31.1 Å². The molecule has 7 heteroatoms. The maximum atomic E-state index is 13.6. The summed E-state index contributed by atoms with van der Waals surface area (Å²) in [6, 6.07) is 17.7. The fourth-order valence-corrected chi connectivity index (χ4v) is 5.18. The second-order valence-corrected chi connectivity index (χ2v) is 8.94. The summed E-state index contributed by atoms with van der Waals surface area (Å²) in [7, 11) is 0. The molecule has 34 heavy (non-hydrogen) atoms. The number of benzene rings is 2. The van der Waals surface area contributed by atoms with Crippen LogP contribution in [0.2, 0.25) is 5.02 Å². The van der Waals surface area contributed by atoms with Gasteiger partial charge >= 0.3 is 5.97 Å². The first-order valence-electron chi connectivity index (χ1n) is 11.0. The molecule has 2 aliphatic rings. The van der Waals surface area contributed by atoms with Crippen LogP contribution in [0.5, 0.6) is 0 Å². The molecule has 0 spiro atoms. The van der Waals surface area contributed by atoms with E-state index in [1.54, 1.807) is 12.4 Å². The minimum absolute atomic E-state index is 0.0140. The van der Waals surface area contributed by atoms with Crippen LogP contribution in [-0.4, -0.2) is 27.8 Å². The number of pyridine rings is 1. The highest BCUT2D eigenvalue weighted by atomic mass is 35.5. The van der Waals surface area contributed by atoms with Crippen LogP contribution in [0.15, 0.2) is 84.3 Å². The topological polar surface area (TPSA) is 87.6 Å². The smallest absolute Gasteiger partial charge is 0.335 e. The Labute approximate surface area is 201 Å². The Morgan fingerprint density at radius 3 is 2.38 bits per heavy atom. The van der Waals surface area contributed by atoms with Crippen molar-refractivity contribution >= 4 is 34.9 Å². The summed E-state index contributed by atoms with van der Waals surface area (Å²) in [5.41, 5.74) is 3.36. The van der Waals surface area contributed by atoms with Crippen LogP contribution >= 0.6 is 11.6 Å². The van der Waals surface area contributed by atoms with Gasteiger partial charge in [-0.1, -0.05) is 41.9 Å². The van der Waals surface area contributed by atoms with Crippen molar-refractivity contribution in [3.05, 3.63) is 106 Å². The molecule has 6 nitrogen and oxygen atoms in total. The zero-order chi connectivity index (χ0) is 23.8. The lowest BCUT2D eigenvalue weighted by Crippen LogP contribution is -2.42. The summed E-state index contributed by atoms with van der Waals surface area (Å²) in [5.74, 6) is -1.84. The van der Waals surface area contributed by atoms with Gasteiger partial charge in [0.1, 0.15) is 0 Å². The van der Waals surface area contributed by atoms with Crippen LogP contribution in [0, 0.1) is 0 Å². The Balaban J connectivity index is 1.69. The van der Waals surface area contributed by atoms with Crippen molar-refractivity contribution in [1.29, 1.82) is 0 Å². The third kappa shape index (κ3) is 3.90. The molecule has 1 aliphatic heterocycles. The van der Waals surface area contributed by atoms with Crippen LogP contribution in [0.25, 0.3) is 0 Å². The fraction of sp³-hybridized carbons (Fsp3) is 0.185. The summed E-state index contributed by atoms with van der Waals surface area (Å²) in [6.07, 6.45) is 4.19. The normalized spacial score (nSPS) is 20.3. The molecule has 1 N–H and O–H groups in total. The van der Waals surface area contributed by atoms with E-state index in [1.807, 2.05) is 42.5 Å². The number of rotatable bonds is 4. The predicted molar refractivity (Wildman–Crippen MR) is 128 cm³/mol. The molecule has 1 aliphatic carbocycles. The van der Waals surface area contributed by atoms with Crippen LogP contribution in [0.1, 0.15) is 52.6 Å². The van der Waals surface area contributed by atoms with Crippen molar-refractivity contribution in [3.63, 3.8) is 0 Å². The van der Waals surface area contributed by atoms with Crippen LogP contribution in [0.3, 0.4) is 0 Å². The van der Waals surface area contributed by atoms with E-state index in [9.17, 15) is 19.5 Å². The van der Waals surface area contributed by atoms with Crippen molar-refractivity contribution in [1.82, 2.24) is 4.98 Å². The number of aromatic nitrogens is 1. The van der Waals surface area contributed by atoms with Crippen molar-refractivity contribution in [2.75, 3.05) is 4.90 Å². The zero-order valence-corrected chi connectivity index (χ0v) is 18.9. The Hall–Kier alpha value is -3.77. The molecule has 170 valence electrons. The van der Waals surface area contributed by atoms with Gasteiger partial charge in [-0.15, -0.1) is 0 Å². The molecular formula is C27H21ClN2O4. The van der Waals surface area contributed by atoms with E-state index in [2.05, 4.69) is 4.98 Å². The number of halogens is 1. The average Bonchev–Trinajstić information content (AvgIpc) is 2.85. The number of nitrogens with zero attached hydrogens (tertiary/aromatic N) is 2. The first kappa shape index (κ1) is 22.0. The van der Waals surface area contributed by atoms with Gasteiger partial charge in [0.15, 0.2) is 5.78 Å². The van der Waals surface area contributed by atoms with E-state index in [1.165, 1.54) is 23.1 Å². The number of ketones is 1. The van der Waals surface area contributed by atoms with Crippen LogP contribution in [0.4, 0.5) is 5.69 Å². The second kappa shape index (κ2) is 8.88. The number of anilines is 1. The number of allylic oxidation sites excluding steroid dienone is 2. The van der Waals surface area contributed by atoms with Gasteiger partial charge in [-0.25, -0.2) is 4.79 Å². The van der Waals surface area contributed by atoms with Crippen molar-refractivity contribution < 1.29 is 19.5 Å². The Bertz CT molecular complexity index is 1320. The fourth-order valence-electron chi connectivity index (χ4n) is 4.97. The lowest BCUT2D eigenvalue weighted by Gasteiger charge is -2.40. The van der Waals surface area contributed by atoms with E-state index >= 15 is 0 Å². The van der Waals surface area contributed by atoms with Gasteiger partial charge in [0.25, 0.3) is 0 Å². The highest BCUT2D eigenvalue weighted by molar-refractivity contribution is 6.34. The highest BCUT2D eigenvalue weighted by Gasteiger charge is 2.43. The number of carbonyl (C=O) groups excluding carboxylic acids is 2. The molecule has 1 amide bonds. The zero-order valence-electron chi connectivity index (χ0n) is 18.1. The molecule has 0 bridgehead atoms. The highest BCUT2D eigenvalue weighted by Crippen LogP contribution is 2.48. The van der Waals surface area contributed by atoms with Gasteiger partial charge in [-0.05, 0) is 53.8 Å².